The molecule has 114 valence electrons. The van der Waals surface area contributed by atoms with Gasteiger partial charge in [-0.15, -0.1) is 11.3 Å². The highest BCUT2D eigenvalue weighted by atomic mass is 32.1. The van der Waals surface area contributed by atoms with E-state index in [1.807, 2.05) is 17.5 Å². The summed E-state index contributed by atoms with van der Waals surface area (Å²) in [6.45, 7) is 0.410. The number of rotatable bonds is 7. The predicted octanol–water partition coefficient (Wildman–Crippen LogP) is 1.35. The van der Waals surface area contributed by atoms with Crippen LogP contribution in [0.25, 0.3) is 0 Å². The third-order valence-electron chi connectivity index (χ3n) is 3.13. The fourth-order valence-electron chi connectivity index (χ4n) is 1.93. The predicted molar refractivity (Wildman–Crippen MR) is 75.1 cm³/mol. The molecule has 1 heterocycles. The second-order valence-electron chi connectivity index (χ2n) is 4.88. The number of hydrogen-bond acceptors (Lipinski definition) is 4. The summed E-state index contributed by atoms with van der Waals surface area (Å²) in [4.78, 5) is 36.4. The number of carbonyl (C=O) groups is 3. The molecule has 2 amide bonds. The van der Waals surface area contributed by atoms with Gasteiger partial charge < -0.3 is 20.4 Å². The number of hydrogen-bond donors (Lipinski definition) is 3. The van der Waals surface area contributed by atoms with E-state index in [-0.39, 0.29) is 6.04 Å². The number of thiophene rings is 1. The average molecular weight is 312 g/mol. The molecule has 21 heavy (non-hydrogen) atoms. The first-order chi connectivity index (χ1) is 9.97. The lowest BCUT2D eigenvalue weighted by molar-refractivity contribution is -0.145. The Kier molecular flexibility index (Phi) is 4.79. The standard InChI is InChI=1S/C13H16N2O5S/c16-11(17)6-10(12(18)19)14-13(20)15(8-3-4-8)7-9-2-1-5-21-9/h1-2,5,8,10H,3-4,6-7H2,(H,14,20)(H,16,17)(H,18,19)/t10-/m1/s1. The van der Waals surface area contributed by atoms with Gasteiger partial charge in [0.1, 0.15) is 6.04 Å². The van der Waals surface area contributed by atoms with E-state index in [1.54, 1.807) is 4.90 Å². The van der Waals surface area contributed by atoms with Gasteiger partial charge in [-0.1, -0.05) is 6.07 Å². The first kappa shape index (κ1) is 15.3. The van der Waals surface area contributed by atoms with E-state index in [0.29, 0.717) is 6.54 Å². The van der Waals surface area contributed by atoms with E-state index in [1.165, 1.54) is 11.3 Å². The lowest BCUT2D eigenvalue weighted by Gasteiger charge is -2.24. The third kappa shape index (κ3) is 4.45. The number of aliphatic carboxylic acids is 2. The zero-order chi connectivity index (χ0) is 15.4. The van der Waals surface area contributed by atoms with Crippen LogP contribution in [-0.4, -0.2) is 45.2 Å². The molecule has 1 aliphatic carbocycles. The molecule has 1 fully saturated rings. The fraction of sp³-hybridized carbons (Fsp3) is 0.462. The first-order valence-corrected chi connectivity index (χ1v) is 7.39. The lowest BCUT2D eigenvalue weighted by Crippen LogP contribution is -2.49. The molecular weight excluding hydrogens is 296 g/mol. The van der Waals surface area contributed by atoms with Gasteiger partial charge in [-0.05, 0) is 24.3 Å². The monoisotopic (exact) mass is 312 g/mol. The molecule has 0 radical (unpaired) electrons. The van der Waals surface area contributed by atoms with Gasteiger partial charge in [0.15, 0.2) is 0 Å². The van der Waals surface area contributed by atoms with Crippen molar-refractivity contribution < 1.29 is 24.6 Å². The van der Waals surface area contributed by atoms with Crippen LogP contribution in [0.2, 0.25) is 0 Å². The fourth-order valence-corrected chi connectivity index (χ4v) is 2.63. The second-order valence-corrected chi connectivity index (χ2v) is 5.91. The van der Waals surface area contributed by atoms with Crippen molar-refractivity contribution in [1.29, 1.82) is 0 Å². The molecule has 0 unspecified atom stereocenters. The molecule has 1 aromatic heterocycles. The van der Waals surface area contributed by atoms with E-state index in [2.05, 4.69) is 5.32 Å². The second kappa shape index (κ2) is 6.57. The van der Waals surface area contributed by atoms with E-state index in [0.717, 1.165) is 17.7 Å². The SMILES string of the molecule is O=C(O)C[C@@H](NC(=O)N(Cc1cccs1)C1CC1)C(=O)O. The number of nitrogens with zero attached hydrogens (tertiary/aromatic N) is 1. The molecule has 1 saturated carbocycles. The van der Waals surface area contributed by atoms with Gasteiger partial charge in [-0.2, -0.15) is 0 Å². The van der Waals surface area contributed by atoms with Crippen LogP contribution in [0, 0.1) is 0 Å². The minimum atomic E-state index is -1.42. The molecular formula is C13H16N2O5S. The third-order valence-corrected chi connectivity index (χ3v) is 3.99. The van der Waals surface area contributed by atoms with E-state index < -0.39 is 30.4 Å². The molecule has 1 aromatic rings. The zero-order valence-electron chi connectivity index (χ0n) is 11.2. The van der Waals surface area contributed by atoms with Crippen molar-refractivity contribution in [2.75, 3.05) is 0 Å². The quantitative estimate of drug-likeness (QED) is 0.704. The summed E-state index contributed by atoms with van der Waals surface area (Å²) in [5.74, 6) is -2.61. The number of carbonyl (C=O) groups excluding carboxylic acids is 1. The van der Waals surface area contributed by atoms with Crippen LogP contribution in [0.3, 0.4) is 0 Å². The van der Waals surface area contributed by atoms with Crippen LogP contribution in [-0.2, 0) is 16.1 Å². The Morgan fingerprint density at radius 3 is 2.57 bits per heavy atom. The summed E-state index contributed by atoms with van der Waals surface area (Å²) in [5.41, 5.74) is 0. The Balaban J connectivity index is 2.00. The topological polar surface area (TPSA) is 107 Å². The highest BCUT2D eigenvalue weighted by molar-refractivity contribution is 7.09. The number of carboxylic acid groups (broad SMARTS) is 2. The molecule has 0 aliphatic heterocycles. The zero-order valence-corrected chi connectivity index (χ0v) is 12.0. The smallest absolute Gasteiger partial charge is 0.326 e. The van der Waals surface area contributed by atoms with Gasteiger partial charge in [-0.3, -0.25) is 4.79 Å². The van der Waals surface area contributed by atoms with Gasteiger partial charge >= 0.3 is 18.0 Å². The summed E-state index contributed by atoms with van der Waals surface area (Å²) in [6, 6.07) is 1.94. The number of amides is 2. The van der Waals surface area contributed by atoms with Crippen LogP contribution < -0.4 is 5.32 Å². The molecule has 2 rings (SSSR count). The van der Waals surface area contributed by atoms with Crippen LogP contribution >= 0.6 is 11.3 Å². The number of urea groups is 1. The van der Waals surface area contributed by atoms with E-state index in [9.17, 15) is 14.4 Å². The van der Waals surface area contributed by atoms with Crippen molar-refractivity contribution in [3.63, 3.8) is 0 Å². The van der Waals surface area contributed by atoms with Crippen molar-refractivity contribution >= 4 is 29.3 Å². The van der Waals surface area contributed by atoms with Gasteiger partial charge in [-0.25, -0.2) is 9.59 Å². The summed E-state index contributed by atoms with van der Waals surface area (Å²) in [7, 11) is 0. The highest BCUT2D eigenvalue weighted by Gasteiger charge is 2.34. The van der Waals surface area contributed by atoms with Crippen LogP contribution in [0.1, 0.15) is 24.1 Å². The Labute approximate surface area is 125 Å². The Morgan fingerprint density at radius 1 is 1.38 bits per heavy atom. The molecule has 3 N–H and O–H groups in total. The van der Waals surface area contributed by atoms with Crippen molar-refractivity contribution in [1.82, 2.24) is 10.2 Å². The maximum absolute atomic E-state index is 12.2. The highest BCUT2D eigenvalue weighted by Crippen LogP contribution is 2.29. The van der Waals surface area contributed by atoms with Crippen LogP contribution in [0.5, 0.6) is 0 Å². The molecule has 1 aliphatic rings. The van der Waals surface area contributed by atoms with Crippen LogP contribution in [0.15, 0.2) is 17.5 Å². The average Bonchev–Trinajstić information content (AvgIpc) is 3.11. The molecule has 7 nitrogen and oxygen atoms in total. The molecule has 1 atom stereocenters. The maximum atomic E-state index is 12.2. The minimum Gasteiger partial charge on any atom is -0.481 e. The summed E-state index contributed by atoms with van der Waals surface area (Å²) in [6.07, 6.45) is 1.13. The largest absolute Gasteiger partial charge is 0.481 e. The van der Waals surface area contributed by atoms with Crippen LogP contribution in [0.4, 0.5) is 4.79 Å². The summed E-state index contributed by atoms with van der Waals surface area (Å²) >= 11 is 1.52. The number of nitrogens with one attached hydrogen (secondary N) is 1. The molecule has 0 bridgehead atoms. The lowest BCUT2D eigenvalue weighted by atomic mass is 10.2. The Morgan fingerprint density at radius 2 is 2.10 bits per heavy atom. The summed E-state index contributed by atoms with van der Waals surface area (Å²) < 4.78 is 0. The van der Waals surface area contributed by atoms with Crippen molar-refractivity contribution in [2.24, 2.45) is 0 Å². The van der Waals surface area contributed by atoms with E-state index in [4.69, 9.17) is 10.2 Å². The van der Waals surface area contributed by atoms with E-state index >= 15 is 0 Å². The first-order valence-electron chi connectivity index (χ1n) is 6.51. The number of carboxylic acids is 2. The van der Waals surface area contributed by atoms with Gasteiger partial charge in [0.05, 0.1) is 13.0 Å². The Hall–Kier alpha value is -2.09. The maximum Gasteiger partial charge on any atom is 0.326 e. The van der Waals surface area contributed by atoms with Gasteiger partial charge in [0.25, 0.3) is 0 Å². The minimum absolute atomic E-state index is 0.103. The van der Waals surface area contributed by atoms with Gasteiger partial charge in [0, 0.05) is 10.9 Å². The Bertz CT molecular complexity index is 527. The van der Waals surface area contributed by atoms with Crippen molar-refractivity contribution in [3.8, 4) is 0 Å². The molecule has 0 aromatic carbocycles. The molecule has 0 saturated heterocycles. The molecule has 8 heteroatoms. The van der Waals surface area contributed by atoms with Crippen molar-refractivity contribution in [3.05, 3.63) is 22.4 Å². The summed E-state index contributed by atoms with van der Waals surface area (Å²) in [5, 5.41) is 21.9. The van der Waals surface area contributed by atoms with Crippen molar-refractivity contribution in [2.45, 2.75) is 37.9 Å². The van der Waals surface area contributed by atoms with Gasteiger partial charge in [0.2, 0.25) is 0 Å². The molecule has 0 spiro atoms. The normalized spacial score (nSPS) is 15.2.